The molecule has 0 saturated heterocycles. The Morgan fingerprint density at radius 2 is 2.36 bits per heavy atom. The quantitative estimate of drug-likeness (QED) is 0.800. The minimum Gasteiger partial charge on any atom is -0.490 e. The van der Waals surface area contributed by atoms with Crippen LogP contribution in [-0.2, 0) is 0 Å². The van der Waals surface area contributed by atoms with Gasteiger partial charge in [-0.1, -0.05) is 6.07 Å². The van der Waals surface area contributed by atoms with Crippen LogP contribution in [0.15, 0.2) is 12.1 Å². The van der Waals surface area contributed by atoms with Crippen LogP contribution >= 0.6 is 0 Å². The smallest absolute Gasteiger partial charge is 0.168 e. The second-order valence-corrected chi connectivity index (χ2v) is 3.27. The molecule has 1 atom stereocenters. The van der Waals surface area contributed by atoms with Crippen LogP contribution in [0.25, 0.3) is 0 Å². The van der Waals surface area contributed by atoms with E-state index in [0.717, 1.165) is 0 Å². The summed E-state index contributed by atoms with van der Waals surface area (Å²) in [6.07, 6.45) is 0.0753. The summed E-state index contributed by atoms with van der Waals surface area (Å²) in [5.41, 5.74) is 0.444. The molecule has 1 rings (SSSR count). The molecule has 0 aliphatic rings. The molecule has 1 unspecified atom stereocenters. The molecule has 3 heteroatoms. The lowest BCUT2D eigenvalue weighted by Crippen LogP contribution is -2.08. The van der Waals surface area contributed by atoms with Crippen LogP contribution in [0, 0.1) is 18.8 Å². The first-order valence-electron chi connectivity index (χ1n) is 4.59. The van der Waals surface area contributed by atoms with E-state index in [9.17, 15) is 4.39 Å². The maximum absolute atomic E-state index is 13.3. The zero-order valence-corrected chi connectivity index (χ0v) is 8.38. The molecule has 1 aromatic carbocycles. The molecule has 1 N–H and O–H groups in total. The molecule has 0 amide bonds. The number of halogens is 1. The number of aliphatic hydroxyl groups is 1. The van der Waals surface area contributed by atoms with Gasteiger partial charge in [0.2, 0.25) is 0 Å². The van der Waals surface area contributed by atoms with Crippen molar-refractivity contribution in [2.45, 2.75) is 26.4 Å². The summed E-state index contributed by atoms with van der Waals surface area (Å²) in [5.74, 6) is -0.153. The minimum absolute atomic E-state index is 0.224. The number of rotatable bonds is 4. The van der Waals surface area contributed by atoms with Gasteiger partial charge in [-0.05, 0) is 31.5 Å². The number of ether oxygens (including phenoxy) is 1. The molecular weight excluding hydrogens is 183 g/mol. The number of benzene rings is 1. The van der Waals surface area contributed by atoms with Gasteiger partial charge in [0.15, 0.2) is 11.6 Å². The van der Waals surface area contributed by atoms with Crippen LogP contribution in [0.1, 0.15) is 18.9 Å². The van der Waals surface area contributed by atoms with Gasteiger partial charge < -0.3 is 9.84 Å². The predicted molar refractivity (Wildman–Crippen MR) is 51.8 cm³/mol. The van der Waals surface area contributed by atoms with E-state index in [1.165, 1.54) is 6.07 Å². The lowest BCUT2D eigenvalue weighted by Gasteiger charge is -2.09. The summed E-state index contributed by atoms with van der Waals surface area (Å²) in [6, 6.07) is 5.89. The van der Waals surface area contributed by atoms with Gasteiger partial charge in [-0.25, -0.2) is 4.39 Å². The van der Waals surface area contributed by atoms with Gasteiger partial charge in [0.25, 0.3) is 0 Å². The maximum atomic E-state index is 13.3. The van der Waals surface area contributed by atoms with Crippen LogP contribution in [-0.4, -0.2) is 17.8 Å². The second-order valence-electron chi connectivity index (χ2n) is 3.27. The first-order chi connectivity index (χ1) is 6.61. The lowest BCUT2D eigenvalue weighted by molar-refractivity contribution is 0.154. The highest BCUT2D eigenvalue weighted by Gasteiger charge is 2.05. The molecule has 0 aliphatic carbocycles. The molecule has 0 saturated carbocycles. The molecule has 0 aromatic heterocycles. The summed E-state index contributed by atoms with van der Waals surface area (Å²) < 4.78 is 18.5. The van der Waals surface area contributed by atoms with Crippen molar-refractivity contribution in [2.75, 3.05) is 6.61 Å². The number of aliphatic hydroxyl groups excluding tert-OH is 1. The monoisotopic (exact) mass is 197 g/mol. The first-order valence-corrected chi connectivity index (χ1v) is 4.59. The Kier molecular flexibility index (Phi) is 3.89. The normalized spacial score (nSPS) is 12.6. The predicted octanol–water partition coefficient (Wildman–Crippen LogP) is 2.08. The van der Waals surface area contributed by atoms with Gasteiger partial charge >= 0.3 is 0 Å². The third-order valence-electron chi connectivity index (χ3n) is 1.87. The van der Waals surface area contributed by atoms with E-state index in [1.54, 1.807) is 19.9 Å². The fourth-order valence-corrected chi connectivity index (χ4v) is 1.01. The summed E-state index contributed by atoms with van der Waals surface area (Å²) >= 11 is 0. The van der Waals surface area contributed by atoms with E-state index in [0.29, 0.717) is 18.6 Å². The molecule has 0 bridgehead atoms. The molecule has 2 nitrogen and oxygen atoms in total. The zero-order chi connectivity index (χ0) is 10.6. The summed E-state index contributed by atoms with van der Waals surface area (Å²) in [5, 5.41) is 8.97. The zero-order valence-electron chi connectivity index (χ0n) is 8.38. The highest BCUT2D eigenvalue weighted by molar-refractivity contribution is 5.29. The average molecular weight is 197 g/mol. The fraction of sp³-hybridized carbons (Fsp3) is 0.455. The van der Waals surface area contributed by atoms with Gasteiger partial charge in [0.1, 0.15) is 0 Å². The van der Waals surface area contributed by atoms with Crippen molar-refractivity contribution in [2.24, 2.45) is 0 Å². The van der Waals surface area contributed by atoms with Crippen LogP contribution in [0.5, 0.6) is 5.75 Å². The number of aryl methyl sites for hydroxylation is 1. The Labute approximate surface area is 83.3 Å². The summed E-state index contributed by atoms with van der Waals surface area (Å²) in [7, 11) is 0. The van der Waals surface area contributed by atoms with Crippen molar-refractivity contribution >= 4 is 0 Å². The molecule has 14 heavy (non-hydrogen) atoms. The Balaban J connectivity index is 2.54. The van der Waals surface area contributed by atoms with Crippen molar-refractivity contribution in [1.82, 2.24) is 0 Å². The van der Waals surface area contributed by atoms with E-state index in [2.05, 4.69) is 6.07 Å². The van der Waals surface area contributed by atoms with Crippen molar-refractivity contribution < 1.29 is 14.2 Å². The van der Waals surface area contributed by atoms with Gasteiger partial charge in [-0.3, -0.25) is 0 Å². The maximum Gasteiger partial charge on any atom is 0.168 e. The average Bonchev–Trinajstić information content (AvgIpc) is 2.12. The Hall–Kier alpha value is -1.09. The summed E-state index contributed by atoms with van der Waals surface area (Å²) in [6.45, 7) is 3.62. The molecule has 0 spiro atoms. The third kappa shape index (κ3) is 3.00. The van der Waals surface area contributed by atoms with Gasteiger partial charge in [-0.15, -0.1) is 0 Å². The largest absolute Gasteiger partial charge is 0.490 e. The van der Waals surface area contributed by atoms with E-state index in [1.807, 2.05) is 0 Å². The number of hydrogen-bond acceptors (Lipinski definition) is 2. The van der Waals surface area contributed by atoms with E-state index < -0.39 is 6.10 Å². The van der Waals surface area contributed by atoms with Crippen LogP contribution in [0.3, 0.4) is 0 Å². The van der Waals surface area contributed by atoms with Crippen molar-refractivity contribution in [3.8, 4) is 5.75 Å². The highest BCUT2D eigenvalue weighted by Crippen LogP contribution is 2.19. The first kappa shape index (κ1) is 11.0. The van der Waals surface area contributed by atoms with Gasteiger partial charge in [0, 0.05) is 6.42 Å². The Bertz CT molecular complexity index is 297. The van der Waals surface area contributed by atoms with Crippen LogP contribution in [0.2, 0.25) is 0 Å². The third-order valence-corrected chi connectivity index (χ3v) is 1.87. The lowest BCUT2D eigenvalue weighted by atomic mass is 10.2. The van der Waals surface area contributed by atoms with Crippen LogP contribution < -0.4 is 4.74 Å². The van der Waals surface area contributed by atoms with Gasteiger partial charge in [-0.2, -0.15) is 0 Å². The number of hydrogen-bond donors (Lipinski definition) is 1. The van der Waals surface area contributed by atoms with E-state index >= 15 is 0 Å². The molecule has 1 aromatic rings. The minimum atomic E-state index is -0.422. The van der Waals surface area contributed by atoms with Crippen LogP contribution in [0.4, 0.5) is 4.39 Å². The molecule has 1 radical (unpaired) electrons. The molecule has 77 valence electrons. The van der Waals surface area contributed by atoms with Crippen molar-refractivity contribution in [3.63, 3.8) is 0 Å². The highest BCUT2D eigenvalue weighted by atomic mass is 19.1. The van der Waals surface area contributed by atoms with Crippen molar-refractivity contribution in [1.29, 1.82) is 0 Å². The topological polar surface area (TPSA) is 29.5 Å². The molecule has 0 aliphatic heterocycles. The Morgan fingerprint density at radius 1 is 1.64 bits per heavy atom. The fourth-order valence-electron chi connectivity index (χ4n) is 1.01. The standard InChI is InChI=1S/C11H14FO2/c1-8-4-3-5-10(11(8)12)14-7-6-9(2)13/h3,5,9,13H,6-7H2,1-2H3. The molecular formula is C11H14FO2. The molecule has 0 heterocycles. The second kappa shape index (κ2) is 4.96. The Morgan fingerprint density at radius 3 is 3.00 bits per heavy atom. The molecule has 0 fully saturated rings. The SMILES string of the molecule is Cc1[c]ccc(OCCC(C)O)c1F. The summed E-state index contributed by atoms with van der Waals surface area (Å²) in [4.78, 5) is 0. The van der Waals surface area contributed by atoms with Gasteiger partial charge in [0.05, 0.1) is 12.7 Å². The van der Waals surface area contributed by atoms with E-state index in [-0.39, 0.29) is 11.6 Å². The van der Waals surface area contributed by atoms with E-state index in [4.69, 9.17) is 9.84 Å². The van der Waals surface area contributed by atoms with Crippen molar-refractivity contribution in [3.05, 3.63) is 29.6 Å².